The van der Waals surface area contributed by atoms with Crippen molar-refractivity contribution in [3.8, 4) is 11.5 Å². The minimum atomic E-state index is 0.563. The lowest BCUT2D eigenvalue weighted by Crippen LogP contribution is -1.92. The molecule has 21 heavy (non-hydrogen) atoms. The van der Waals surface area contributed by atoms with Crippen molar-refractivity contribution in [2.24, 2.45) is 0 Å². The van der Waals surface area contributed by atoms with Gasteiger partial charge >= 0.3 is 0 Å². The highest BCUT2D eigenvalue weighted by Crippen LogP contribution is 2.31. The fourth-order valence-electron chi connectivity index (χ4n) is 2.22. The summed E-state index contributed by atoms with van der Waals surface area (Å²) in [7, 11) is 0. The molecule has 3 heterocycles. The molecule has 0 aliphatic heterocycles. The third-order valence-electron chi connectivity index (χ3n) is 3.16. The van der Waals surface area contributed by atoms with Gasteiger partial charge in [-0.25, -0.2) is 15.0 Å². The van der Waals surface area contributed by atoms with Gasteiger partial charge in [0.25, 0.3) is 0 Å². The van der Waals surface area contributed by atoms with E-state index in [0.29, 0.717) is 16.9 Å². The molecule has 4 aromatic rings. The number of ether oxygens (including phenoxy) is 1. The maximum absolute atomic E-state index is 6.02. The number of fused-ring (bicyclic) bond motifs is 2. The van der Waals surface area contributed by atoms with Crippen LogP contribution in [0.1, 0.15) is 0 Å². The molecule has 0 atom stereocenters. The monoisotopic (exact) mass is 274 g/mol. The summed E-state index contributed by atoms with van der Waals surface area (Å²) < 4.78 is 6.02. The maximum atomic E-state index is 6.02. The van der Waals surface area contributed by atoms with Crippen LogP contribution in [0.4, 0.5) is 0 Å². The summed E-state index contributed by atoms with van der Waals surface area (Å²) in [5, 5.41) is 0.953. The van der Waals surface area contributed by atoms with E-state index < -0.39 is 0 Å². The summed E-state index contributed by atoms with van der Waals surface area (Å²) in [5.74, 6) is 1.36. The van der Waals surface area contributed by atoms with Gasteiger partial charge in [0.1, 0.15) is 5.75 Å². The van der Waals surface area contributed by atoms with Crippen LogP contribution in [0, 0.1) is 0 Å². The van der Waals surface area contributed by atoms with E-state index in [1.54, 1.807) is 30.9 Å². The molecule has 0 fully saturated rings. The van der Waals surface area contributed by atoms with Gasteiger partial charge in [0.05, 0.1) is 5.52 Å². The van der Waals surface area contributed by atoms with Crippen LogP contribution in [0.2, 0.25) is 0 Å². The topological polar surface area (TPSA) is 60.8 Å². The van der Waals surface area contributed by atoms with E-state index in [1.165, 1.54) is 0 Å². The maximum Gasteiger partial charge on any atom is 0.182 e. The molecule has 100 valence electrons. The number of rotatable bonds is 2. The second kappa shape index (κ2) is 4.79. The van der Waals surface area contributed by atoms with Gasteiger partial charge in [0, 0.05) is 36.2 Å². The van der Waals surface area contributed by atoms with Crippen LogP contribution in [-0.4, -0.2) is 19.9 Å². The molecule has 0 unspecified atom stereocenters. The van der Waals surface area contributed by atoms with E-state index in [1.807, 2.05) is 30.3 Å². The minimum Gasteiger partial charge on any atom is -0.454 e. The van der Waals surface area contributed by atoms with Crippen molar-refractivity contribution in [3.63, 3.8) is 0 Å². The van der Waals surface area contributed by atoms with E-state index in [2.05, 4.69) is 19.9 Å². The average Bonchev–Trinajstić information content (AvgIpc) is 2.56. The van der Waals surface area contributed by atoms with E-state index in [0.717, 1.165) is 16.7 Å². The Hall–Kier alpha value is -3.08. The third-order valence-corrected chi connectivity index (χ3v) is 3.16. The van der Waals surface area contributed by atoms with Crippen LogP contribution >= 0.6 is 0 Å². The second-order valence-corrected chi connectivity index (χ2v) is 4.47. The molecule has 0 bridgehead atoms. The number of benzene rings is 1. The molecule has 3 aromatic heterocycles. The molecule has 0 spiro atoms. The molecule has 0 radical (unpaired) electrons. The highest BCUT2D eigenvalue weighted by molar-refractivity contribution is 5.86. The zero-order chi connectivity index (χ0) is 14.1. The van der Waals surface area contributed by atoms with Crippen molar-refractivity contribution in [2.45, 2.75) is 0 Å². The standard InChI is InChI=1S/C16H10N4O/c1-4-12-11(3-2-7-17-12)13(5-1)21-14-6-8-19-16-15(14)18-9-10-20-16/h1-10H. The average molecular weight is 274 g/mol. The van der Waals surface area contributed by atoms with Crippen molar-refractivity contribution in [1.29, 1.82) is 0 Å². The van der Waals surface area contributed by atoms with E-state index in [4.69, 9.17) is 4.74 Å². The Morgan fingerprint density at radius 2 is 1.57 bits per heavy atom. The molecule has 0 aliphatic rings. The summed E-state index contributed by atoms with van der Waals surface area (Å²) >= 11 is 0. The second-order valence-electron chi connectivity index (χ2n) is 4.47. The lowest BCUT2D eigenvalue weighted by Gasteiger charge is -2.09. The van der Waals surface area contributed by atoms with Gasteiger partial charge in [0.15, 0.2) is 16.9 Å². The van der Waals surface area contributed by atoms with Crippen LogP contribution in [0.3, 0.4) is 0 Å². The van der Waals surface area contributed by atoms with Gasteiger partial charge in [-0.05, 0) is 24.3 Å². The lowest BCUT2D eigenvalue weighted by atomic mass is 10.2. The molecular formula is C16H10N4O. The number of pyridine rings is 2. The first kappa shape index (κ1) is 11.7. The number of hydrogen-bond donors (Lipinski definition) is 0. The molecule has 0 saturated carbocycles. The van der Waals surface area contributed by atoms with Crippen molar-refractivity contribution >= 4 is 22.1 Å². The Balaban J connectivity index is 1.87. The van der Waals surface area contributed by atoms with Crippen LogP contribution in [0.5, 0.6) is 11.5 Å². The Labute approximate surface area is 120 Å². The van der Waals surface area contributed by atoms with Crippen molar-refractivity contribution in [1.82, 2.24) is 19.9 Å². The van der Waals surface area contributed by atoms with Crippen molar-refractivity contribution < 1.29 is 4.74 Å². The van der Waals surface area contributed by atoms with Gasteiger partial charge in [-0.3, -0.25) is 4.98 Å². The van der Waals surface area contributed by atoms with Crippen molar-refractivity contribution in [3.05, 3.63) is 61.2 Å². The molecule has 4 rings (SSSR count). The van der Waals surface area contributed by atoms with Crippen LogP contribution in [-0.2, 0) is 0 Å². The SMILES string of the molecule is c1cc(Oc2ccnc3nccnc23)c2cccnc2c1. The van der Waals surface area contributed by atoms with Crippen LogP contribution in [0.25, 0.3) is 22.1 Å². The summed E-state index contributed by atoms with van der Waals surface area (Å²) in [6.07, 6.45) is 6.66. The highest BCUT2D eigenvalue weighted by atomic mass is 16.5. The van der Waals surface area contributed by atoms with Gasteiger partial charge in [-0.15, -0.1) is 0 Å². The van der Waals surface area contributed by atoms with Crippen LogP contribution < -0.4 is 4.74 Å². The molecular weight excluding hydrogens is 264 g/mol. The zero-order valence-electron chi connectivity index (χ0n) is 11.0. The molecule has 0 N–H and O–H groups in total. The van der Waals surface area contributed by atoms with E-state index in [-0.39, 0.29) is 0 Å². The van der Waals surface area contributed by atoms with Gasteiger partial charge < -0.3 is 4.74 Å². The fourth-order valence-corrected chi connectivity index (χ4v) is 2.22. The lowest BCUT2D eigenvalue weighted by molar-refractivity contribution is 0.492. The summed E-state index contributed by atoms with van der Waals surface area (Å²) in [4.78, 5) is 17.0. The van der Waals surface area contributed by atoms with Crippen LogP contribution in [0.15, 0.2) is 61.2 Å². The largest absolute Gasteiger partial charge is 0.454 e. The first-order valence-electron chi connectivity index (χ1n) is 6.49. The Morgan fingerprint density at radius 3 is 2.57 bits per heavy atom. The summed E-state index contributed by atoms with van der Waals surface area (Å²) in [5.41, 5.74) is 2.09. The molecule has 0 aliphatic carbocycles. The number of nitrogens with zero attached hydrogens (tertiary/aromatic N) is 4. The quantitative estimate of drug-likeness (QED) is 0.561. The van der Waals surface area contributed by atoms with Gasteiger partial charge in [-0.2, -0.15) is 0 Å². The zero-order valence-corrected chi connectivity index (χ0v) is 11.0. The fraction of sp³-hybridized carbons (Fsp3) is 0. The van der Waals surface area contributed by atoms with Gasteiger partial charge in [0.2, 0.25) is 0 Å². The van der Waals surface area contributed by atoms with Gasteiger partial charge in [-0.1, -0.05) is 6.07 Å². The Kier molecular flexibility index (Phi) is 2.67. The smallest absolute Gasteiger partial charge is 0.182 e. The predicted molar refractivity (Wildman–Crippen MR) is 79.2 cm³/mol. The predicted octanol–water partition coefficient (Wildman–Crippen LogP) is 3.37. The van der Waals surface area contributed by atoms with Crippen molar-refractivity contribution in [2.75, 3.05) is 0 Å². The normalized spacial score (nSPS) is 10.9. The number of aromatic nitrogens is 4. The Morgan fingerprint density at radius 1 is 0.667 bits per heavy atom. The molecule has 5 heteroatoms. The van der Waals surface area contributed by atoms with E-state index in [9.17, 15) is 0 Å². The summed E-state index contributed by atoms with van der Waals surface area (Å²) in [6.45, 7) is 0. The molecule has 1 aromatic carbocycles. The Bertz CT molecular complexity index is 851. The molecule has 0 saturated heterocycles. The summed E-state index contributed by atoms with van der Waals surface area (Å²) in [6, 6.07) is 11.4. The molecule has 5 nitrogen and oxygen atoms in total. The first-order valence-corrected chi connectivity index (χ1v) is 6.49. The minimum absolute atomic E-state index is 0.563. The highest BCUT2D eigenvalue weighted by Gasteiger charge is 2.08. The van der Waals surface area contributed by atoms with E-state index >= 15 is 0 Å². The molecule has 0 amide bonds. The number of hydrogen-bond acceptors (Lipinski definition) is 5. The first-order chi connectivity index (χ1) is 10.4. The third kappa shape index (κ3) is 2.04.